The van der Waals surface area contributed by atoms with E-state index >= 15 is 0 Å². The van der Waals surface area contributed by atoms with Crippen LogP contribution in [0.25, 0.3) is 0 Å². The molecule has 0 saturated carbocycles. The molecule has 0 heterocycles. The first-order valence-electron chi connectivity index (χ1n) is 2.63. The second kappa shape index (κ2) is 8.48. The molecular formula is C6H16O5S. The zero-order valence-corrected chi connectivity index (χ0v) is 7.77. The van der Waals surface area contributed by atoms with Gasteiger partial charge in [-0.05, 0) is 0 Å². The average molecular weight is 200 g/mol. The summed E-state index contributed by atoms with van der Waals surface area (Å²) < 4.78 is 27.6. The van der Waals surface area contributed by atoms with Gasteiger partial charge in [0.25, 0.3) is 10.1 Å². The van der Waals surface area contributed by atoms with Crippen LogP contribution in [-0.2, 0) is 23.8 Å². The summed E-state index contributed by atoms with van der Waals surface area (Å²) in [4.78, 5) is 9.59. The third-order valence-corrected chi connectivity index (χ3v) is 1.20. The van der Waals surface area contributed by atoms with E-state index in [2.05, 4.69) is 8.92 Å². The fourth-order valence-corrected chi connectivity index (χ4v) is 0. The minimum atomic E-state index is -3.16. The van der Waals surface area contributed by atoms with Gasteiger partial charge in [0.05, 0.1) is 20.5 Å². The van der Waals surface area contributed by atoms with Gasteiger partial charge in [0, 0.05) is 6.92 Å². The van der Waals surface area contributed by atoms with Crippen LogP contribution in [0.3, 0.4) is 0 Å². The zero-order valence-electron chi connectivity index (χ0n) is 6.95. The van der Waals surface area contributed by atoms with Crippen LogP contribution < -0.4 is 0 Å². The first-order valence-corrected chi connectivity index (χ1v) is 4.45. The van der Waals surface area contributed by atoms with Crippen molar-refractivity contribution < 1.29 is 22.1 Å². The number of hydrogen-bond donors (Lipinski definition) is 0. The normalized spacial score (nSPS) is 8.67. The Morgan fingerprint density at radius 1 is 1.25 bits per heavy atom. The van der Waals surface area contributed by atoms with Crippen molar-refractivity contribution in [2.45, 2.75) is 14.4 Å². The van der Waals surface area contributed by atoms with Crippen LogP contribution >= 0.6 is 0 Å². The summed E-state index contributed by atoms with van der Waals surface area (Å²) in [6.07, 6.45) is 0.993. The SMILES string of the molecule is C.COC(C)=O.COS(C)(=O)=O. The molecule has 6 heteroatoms. The summed E-state index contributed by atoms with van der Waals surface area (Å²) in [5.41, 5.74) is 0. The van der Waals surface area contributed by atoms with Crippen molar-refractivity contribution in [2.24, 2.45) is 0 Å². The number of ether oxygens (including phenoxy) is 1. The molecule has 12 heavy (non-hydrogen) atoms. The number of hydrogen-bond acceptors (Lipinski definition) is 5. The Labute approximate surface area is 73.8 Å². The quantitative estimate of drug-likeness (QED) is 0.453. The van der Waals surface area contributed by atoms with Crippen LogP contribution in [0.1, 0.15) is 14.4 Å². The lowest BCUT2D eigenvalue weighted by Crippen LogP contribution is -1.95. The summed E-state index contributed by atoms with van der Waals surface area (Å²) >= 11 is 0. The van der Waals surface area contributed by atoms with Crippen LogP contribution in [-0.4, -0.2) is 34.9 Å². The van der Waals surface area contributed by atoms with Gasteiger partial charge >= 0.3 is 5.97 Å². The van der Waals surface area contributed by atoms with Crippen LogP contribution in [0.4, 0.5) is 0 Å². The molecule has 0 saturated heterocycles. The Hall–Kier alpha value is -0.620. The van der Waals surface area contributed by atoms with Crippen LogP contribution in [0, 0.1) is 0 Å². The molecule has 5 nitrogen and oxygen atoms in total. The molecule has 0 atom stereocenters. The Kier molecular flexibility index (Phi) is 12.3. The van der Waals surface area contributed by atoms with Gasteiger partial charge in [0.2, 0.25) is 0 Å². The minimum Gasteiger partial charge on any atom is -0.469 e. The van der Waals surface area contributed by atoms with Gasteiger partial charge in [-0.25, -0.2) is 0 Å². The maximum absolute atomic E-state index is 9.78. The summed E-state index contributed by atoms with van der Waals surface area (Å²) in [5, 5.41) is 0. The Balaban J connectivity index is -0.000000126. The van der Waals surface area contributed by atoms with Crippen molar-refractivity contribution >= 4 is 16.1 Å². The highest BCUT2D eigenvalue weighted by atomic mass is 32.2. The first-order chi connectivity index (χ1) is 4.83. The predicted molar refractivity (Wildman–Crippen MR) is 46.3 cm³/mol. The van der Waals surface area contributed by atoms with Crippen LogP contribution in [0.15, 0.2) is 0 Å². The van der Waals surface area contributed by atoms with Gasteiger partial charge in [-0.15, -0.1) is 0 Å². The molecule has 0 aromatic carbocycles. The van der Waals surface area contributed by atoms with Crippen LogP contribution in [0.5, 0.6) is 0 Å². The molecule has 0 bridgehead atoms. The van der Waals surface area contributed by atoms with E-state index in [0.717, 1.165) is 13.4 Å². The fraction of sp³-hybridized carbons (Fsp3) is 0.833. The monoisotopic (exact) mass is 200 g/mol. The molecule has 76 valence electrons. The minimum absolute atomic E-state index is 0. The summed E-state index contributed by atoms with van der Waals surface area (Å²) in [6, 6.07) is 0. The lowest BCUT2D eigenvalue weighted by atomic mass is 10.8. The first kappa shape index (κ1) is 17.5. The van der Waals surface area contributed by atoms with Gasteiger partial charge in [0.15, 0.2) is 0 Å². The van der Waals surface area contributed by atoms with Crippen molar-refractivity contribution in [1.29, 1.82) is 0 Å². The van der Waals surface area contributed by atoms with Gasteiger partial charge < -0.3 is 4.74 Å². The van der Waals surface area contributed by atoms with E-state index in [1.165, 1.54) is 14.0 Å². The lowest BCUT2D eigenvalue weighted by molar-refractivity contribution is -0.137. The van der Waals surface area contributed by atoms with E-state index in [1.807, 2.05) is 0 Å². The van der Waals surface area contributed by atoms with E-state index in [0.29, 0.717) is 0 Å². The maximum atomic E-state index is 9.78. The van der Waals surface area contributed by atoms with E-state index in [4.69, 9.17) is 0 Å². The van der Waals surface area contributed by atoms with Gasteiger partial charge in [0.1, 0.15) is 0 Å². The molecular weight excluding hydrogens is 184 g/mol. The van der Waals surface area contributed by atoms with Crippen molar-refractivity contribution in [3.63, 3.8) is 0 Å². The highest BCUT2D eigenvalue weighted by Gasteiger charge is 1.90. The summed E-state index contributed by atoms with van der Waals surface area (Å²) in [6.45, 7) is 1.36. The number of methoxy groups -OCH3 is 1. The van der Waals surface area contributed by atoms with Crippen LogP contribution in [0.2, 0.25) is 0 Å². The Morgan fingerprint density at radius 2 is 1.42 bits per heavy atom. The fourth-order valence-electron chi connectivity index (χ4n) is 0. The second-order valence-corrected chi connectivity index (χ2v) is 3.31. The number of esters is 1. The Bertz CT molecular complexity index is 194. The molecule has 0 aliphatic carbocycles. The highest BCUT2D eigenvalue weighted by molar-refractivity contribution is 7.85. The van der Waals surface area contributed by atoms with Crippen molar-refractivity contribution in [3.05, 3.63) is 0 Å². The molecule has 0 aromatic rings. The standard InChI is InChI=1S/C3H6O2.C2H6O3S.CH4/c1-3(4)5-2;1-5-6(2,3)4;/h1-2H3;1-2H3;1H4. The predicted octanol–water partition coefficient (Wildman–Crippen LogP) is 0.408. The average Bonchev–Trinajstić information content (AvgIpc) is 1.88. The molecule has 0 N–H and O–H groups in total. The molecule has 0 fully saturated rings. The highest BCUT2D eigenvalue weighted by Crippen LogP contribution is 1.75. The molecule has 0 rings (SSSR count). The van der Waals surface area contributed by atoms with E-state index in [1.54, 1.807) is 0 Å². The van der Waals surface area contributed by atoms with Gasteiger partial charge in [-0.3, -0.25) is 8.98 Å². The third-order valence-electron chi connectivity index (χ3n) is 0.590. The molecule has 0 aromatic heterocycles. The zero-order chi connectivity index (χ0) is 9.49. The topological polar surface area (TPSA) is 69.7 Å². The smallest absolute Gasteiger partial charge is 0.302 e. The molecule has 0 radical (unpaired) electrons. The van der Waals surface area contributed by atoms with E-state index in [9.17, 15) is 13.2 Å². The van der Waals surface area contributed by atoms with Crippen molar-refractivity contribution in [1.82, 2.24) is 0 Å². The number of carbonyl (C=O) groups is 1. The largest absolute Gasteiger partial charge is 0.469 e. The van der Waals surface area contributed by atoms with Gasteiger partial charge in [-0.1, -0.05) is 7.43 Å². The van der Waals surface area contributed by atoms with E-state index < -0.39 is 10.1 Å². The summed E-state index contributed by atoms with van der Waals surface area (Å²) in [5.74, 6) is -0.245. The molecule has 0 aliphatic rings. The molecule has 0 amide bonds. The second-order valence-electron chi connectivity index (χ2n) is 1.57. The Morgan fingerprint density at radius 3 is 1.42 bits per heavy atom. The summed E-state index contributed by atoms with van der Waals surface area (Å²) in [7, 11) is -0.692. The third kappa shape index (κ3) is 34.3. The number of rotatable bonds is 1. The molecule has 0 aliphatic heterocycles. The van der Waals surface area contributed by atoms with Crippen molar-refractivity contribution in [2.75, 3.05) is 20.5 Å². The van der Waals surface area contributed by atoms with Crippen molar-refractivity contribution in [3.8, 4) is 0 Å². The lowest BCUT2D eigenvalue weighted by Gasteiger charge is -1.84. The number of carbonyl (C=O) groups excluding carboxylic acids is 1. The molecule has 0 spiro atoms. The molecule has 0 unspecified atom stereocenters. The van der Waals surface area contributed by atoms with E-state index in [-0.39, 0.29) is 13.4 Å². The maximum Gasteiger partial charge on any atom is 0.302 e. The van der Waals surface area contributed by atoms with Gasteiger partial charge in [-0.2, -0.15) is 8.42 Å².